The van der Waals surface area contributed by atoms with Crippen LogP contribution in [0.15, 0.2) is 47.7 Å². The van der Waals surface area contributed by atoms with E-state index in [1.165, 1.54) is 19.5 Å². The first-order valence-electron chi connectivity index (χ1n) is 8.59. The number of methoxy groups -OCH3 is 1. The molecule has 0 bridgehead atoms. The van der Waals surface area contributed by atoms with Gasteiger partial charge in [0.1, 0.15) is 17.9 Å². The number of amides is 1. The molecule has 0 fully saturated rings. The first-order valence-corrected chi connectivity index (χ1v) is 8.97. The Morgan fingerprint density at radius 2 is 2.14 bits per heavy atom. The van der Waals surface area contributed by atoms with Gasteiger partial charge >= 0.3 is 0 Å². The number of benzene rings is 1. The number of fused-ring (bicyclic) bond motifs is 1. The number of ether oxygens (including phenoxy) is 1. The molecule has 1 aliphatic heterocycles. The molecular weight excluding hydrogens is 382 g/mol. The molecule has 1 N–H and O–H groups in total. The fraction of sp³-hybridized carbons (Fsp3) is 0.211. The molecule has 3 aromatic rings. The lowest BCUT2D eigenvalue weighted by atomic mass is 10.1. The van der Waals surface area contributed by atoms with Crippen molar-refractivity contribution in [3.8, 4) is 17.1 Å². The summed E-state index contributed by atoms with van der Waals surface area (Å²) in [5.41, 5.74) is 1.13. The van der Waals surface area contributed by atoms with Gasteiger partial charge in [0.2, 0.25) is 0 Å². The third-order valence-corrected chi connectivity index (χ3v) is 4.78. The summed E-state index contributed by atoms with van der Waals surface area (Å²) in [7, 11) is 1.49. The van der Waals surface area contributed by atoms with Crippen LogP contribution in [0, 0.1) is 0 Å². The van der Waals surface area contributed by atoms with Gasteiger partial charge in [-0.25, -0.2) is 15.0 Å². The third kappa shape index (κ3) is 3.34. The maximum Gasteiger partial charge on any atom is 0.255 e. The molecule has 1 unspecified atom stereocenters. The molecule has 0 radical (unpaired) electrons. The molecule has 28 heavy (non-hydrogen) atoms. The average molecular weight is 398 g/mol. The summed E-state index contributed by atoms with van der Waals surface area (Å²) in [4.78, 5) is 37.9. The third-order valence-electron chi connectivity index (χ3n) is 4.55. The van der Waals surface area contributed by atoms with Gasteiger partial charge in [0.05, 0.1) is 30.1 Å². The Morgan fingerprint density at radius 1 is 1.29 bits per heavy atom. The fourth-order valence-electron chi connectivity index (χ4n) is 3.21. The van der Waals surface area contributed by atoms with E-state index in [1.54, 1.807) is 35.0 Å². The topological polar surface area (TPSA) is 99.0 Å². The highest BCUT2D eigenvalue weighted by Gasteiger charge is 2.28. The second-order valence-electron chi connectivity index (χ2n) is 6.24. The van der Waals surface area contributed by atoms with Crippen LogP contribution in [0.25, 0.3) is 11.4 Å². The van der Waals surface area contributed by atoms with E-state index in [-0.39, 0.29) is 11.5 Å². The number of hydrogen-bond acceptors (Lipinski definition) is 6. The summed E-state index contributed by atoms with van der Waals surface area (Å²) < 4.78 is 6.81. The van der Waals surface area contributed by atoms with Crippen LogP contribution in [0.2, 0.25) is 5.02 Å². The van der Waals surface area contributed by atoms with Gasteiger partial charge < -0.3 is 10.1 Å². The minimum Gasteiger partial charge on any atom is -0.496 e. The Bertz CT molecular complexity index is 1100. The van der Waals surface area contributed by atoms with Crippen LogP contribution in [0.4, 0.5) is 0 Å². The SMILES string of the molecule is COc1ccc(Cl)cc1C(=O)NC1CCn2c1nc(-c1ccncn1)cc2=O. The lowest BCUT2D eigenvalue weighted by Crippen LogP contribution is -2.30. The predicted octanol–water partition coefficient (Wildman–Crippen LogP) is 2.24. The van der Waals surface area contributed by atoms with Crippen molar-refractivity contribution in [3.05, 3.63) is 69.6 Å². The maximum atomic E-state index is 12.8. The largest absolute Gasteiger partial charge is 0.496 e. The van der Waals surface area contributed by atoms with E-state index < -0.39 is 6.04 Å². The van der Waals surface area contributed by atoms with Crippen LogP contribution in [-0.4, -0.2) is 32.5 Å². The lowest BCUT2D eigenvalue weighted by Gasteiger charge is -2.15. The fourth-order valence-corrected chi connectivity index (χ4v) is 3.38. The first kappa shape index (κ1) is 18.1. The van der Waals surface area contributed by atoms with E-state index in [9.17, 15) is 9.59 Å². The molecule has 142 valence electrons. The van der Waals surface area contributed by atoms with Gasteiger partial charge in [-0.2, -0.15) is 0 Å². The van der Waals surface area contributed by atoms with E-state index in [2.05, 4.69) is 20.3 Å². The number of carbonyl (C=O) groups is 1. The summed E-state index contributed by atoms with van der Waals surface area (Å²) in [6, 6.07) is 7.54. The molecule has 8 nitrogen and oxygen atoms in total. The van der Waals surface area contributed by atoms with Crippen LogP contribution in [0.1, 0.15) is 28.6 Å². The number of aromatic nitrogens is 4. The Labute approximate surface area is 165 Å². The summed E-state index contributed by atoms with van der Waals surface area (Å²) in [5.74, 6) is 0.565. The van der Waals surface area contributed by atoms with Crippen LogP contribution < -0.4 is 15.6 Å². The Morgan fingerprint density at radius 3 is 2.89 bits per heavy atom. The monoisotopic (exact) mass is 397 g/mol. The number of hydrogen-bond donors (Lipinski definition) is 1. The number of rotatable bonds is 4. The van der Waals surface area contributed by atoms with Crippen LogP contribution in [-0.2, 0) is 6.54 Å². The molecule has 2 aromatic heterocycles. The molecule has 1 aliphatic rings. The second kappa shape index (κ2) is 7.40. The normalized spacial score (nSPS) is 15.1. The number of carbonyl (C=O) groups excluding carboxylic acids is 1. The molecular formula is C19H16ClN5O3. The molecule has 0 aliphatic carbocycles. The van der Waals surface area contributed by atoms with Gasteiger partial charge in [0, 0.05) is 23.8 Å². The van der Waals surface area contributed by atoms with Crippen molar-refractivity contribution in [1.29, 1.82) is 0 Å². The van der Waals surface area contributed by atoms with Gasteiger partial charge in [-0.05, 0) is 30.7 Å². The summed E-state index contributed by atoms with van der Waals surface area (Å²) in [5, 5.41) is 3.36. The smallest absolute Gasteiger partial charge is 0.255 e. The highest BCUT2D eigenvalue weighted by atomic mass is 35.5. The van der Waals surface area contributed by atoms with Crippen LogP contribution in [0.3, 0.4) is 0 Å². The van der Waals surface area contributed by atoms with E-state index >= 15 is 0 Å². The van der Waals surface area contributed by atoms with Crippen molar-refractivity contribution in [1.82, 2.24) is 24.8 Å². The molecule has 3 heterocycles. The molecule has 9 heteroatoms. The minimum atomic E-state index is -0.411. The second-order valence-corrected chi connectivity index (χ2v) is 6.68. The van der Waals surface area contributed by atoms with Crippen molar-refractivity contribution in [3.63, 3.8) is 0 Å². The van der Waals surface area contributed by atoms with E-state index in [1.807, 2.05) is 0 Å². The zero-order chi connectivity index (χ0) is 19.7. The van der Waals surface area contributed by atoms with Gasteiger partial charge in [-0.3, -0.25) is 14.2 Å². The summed E-state index contributed by atoms with van der Waals surface area (Å²) in [6.07, 6.45) is 3.54. The van der Waals surface area contributed by atoms with E-state index in [4.69, 9.17) is 16.3 Å². The standard InChI is InChI=1S/C19H16ClN5O3/c1-28-16-3-2-11(20)8-12(16)19(27)24-14-5-7-25-17(26)9-15(23-18(14)25)13-4-6-21-10-22-13/h2-4,6,8-10,14H,5,7H2,1H3,(H,24,27). The first-order chi connectivity index (χ1) is 13.6. The molecule has 0 spiro atoms. The number of halogens is 1. The molecule has 1 aromatic carbocycles. The van der Waals surface area contributed by atoms with Gasteiger partial charge in [-0.15, -0.1) is 0 Å². The van der Waals surface area contributed by atoms with Crippen LogP contribution >= 0.6 is 11.6 Å². The molecule has 0 saturated carbocycles. The molecule has 1 atom stereocenters. The van der Waals surface area contributed by atoms with E-state index in [0.717, 1.165) is 0 Å². The van der Waals surface area contributed by atoms with Crippen LogP contribution in [0.5, 0.6) is 5.75 Å². The van der Waals surface area contributed by atoms with Crippen molar-refractivity contribution in [2.75, 3.05) is 7.11 Å². The Hall–Kier alpha value is -3.26. The van der Waals surface area contributed by atoms with Crippen molar-refractivity contribution >= 4 is 17.5 Å². The van der Waals surface area contributed by atoms with Crippen molar-refractivity contribution in [2.24, 2.45) is 0 Å². The van der Waals surface area contributed by atoms with Gasteiger partial charge in [0.25, 0.3) is 11.5 Å². The Kier molecular flexibility index (Phi) is 4.79. The van der Waals surface area contributed by atoms with Gasteiger partial charge in [0.15, 0.2) is 0 Å². The minimum absolute atomic E-state index is 0.185. The Balaban J connectivity index is 1.66. The highest BCUT2D eigenvalue weighted by molar-refractivity contribution is 6.31. The quantitative estimate of drug-likeness (QED) is 0.724. The molecule has 1 amide bonds. The highest BCUT2D eigenvalue weighted by Crippen LogP contribution is 2.27. The van der Waals surface area contributed by atoms with Crippen molar-refractivity contribution < 1.29 is 9.53 Å². The lowest BCUT2D eigenvalue weighted by molar-refractivity contribution is 0.0933. The zero-order valence-electron chi connectivity index (χ0n) is 14.9. The van der Waals surface area contributed by atoms with Crippen molar-refractivity contribution in [2.45, 2.75) is 19.0 Å². The van der Waals surface area contributed by atoms with Gasteiger partial charge in [-0.1, -0.05) is 11.6 Å². The zero-order valence-corrected chi connectivity index (χ0v) is 15.7. The average Bonchev–Trinajstić information content (AvgIpc) is 3.12. The maximum absolute atomic E-state index is 12.8. The summed E-state index contributed by atoms with van der Waals surface area (Å²) >= 11 is 6.02. The summed E-state index contributed by atoms with van der Waals surface area (Å²) in [6.45, 7) is 0.475. The molecule has 0 saturated heterocycles. The van der Waals surface area contributed by atoms with E-state index in [0.29, 0.717) is 46.5 Å². The number of nitrogens with zero attached hydrogens (tertiary/aromatic N) is 4. The number of nitrogens with one attached hydrogen (secondary N) is 1. The molecule has 4 rings (SSSR count). The predicted molar refractivity (Wildman–Crippen MR) is 102 cm³/mol.